The van der Waals surface area contributed by atoms with Crippen LogP contribution in [0.4, 0.5) is 0 Å². The average Bonchev–Trinajstić information content (AvgIpc) is 3.33. The molecule has 25 heavy (non-hydrogen) atoms. The Labute approximate surface area is 151 Å². The lowest BCUT2D eigenvalue weighted by Gasteiger charge is -2.36. The predicted octanol–water partition coefficient (Wildman–Crippen LogP) is 1.01. The summed E-state index contributed by atoms with van der Waals surface area (Å²) < 4.78 is 0. The summed E-state index contributed by atoms with van der Waals surface area (Å²) in [5.74, 6) is 0.759. The summed E-state index contributed by atoms with van der Waals surface area (Å²) in [7, 11) is 0. The summed E-state index contributed by atoms with van der Waals surface area (Å²) in [6.07, 6.45) is 8.99. The fourth-order valence-electron chi connectivity index (χ4n) is 4.45. The van der Waals surface area contributed by atoms with Crippen LogP contribution in [0.25, 0.3) is 0 Å². The maximum absolute atomic E-state index is 12.5. The van der Waals surface area contributed by atoms with Gasteiger partial charge in [0.25, 0.3) is 0 Å². The van der Waals surface area contributed by atoms with Gasteiger partial charge in [0.2, 0.25) is 11.8 Å². The molecule has 0 aromatic heterocycles. The molecule has 3 unspecified atom stereocenters. The Morgan fingerprint density at radius 1 is 1.12 bits per heavy atom. The fourth-order valence-corrected chi connectivity index (χ4v) is 4.45. The monoisotopic (exact) mass is 350 g/mol. The number of nitrogens with zero attached hydrogens (tertiary/aromatic N) is 1. The van der Waals surface area contributed by atoms with Crippen molar-refractivity contribution in [2.45, 2.75) is 76.4 Å². The second-order valence-electron chi connectivity index (χ2n) is 8.06. The lowest BCUT2D eigenvalue weighted by molar-refractivity contribution is -0.127. The standard InChI is InChI=1S/C19H34N4O2/c1-14(18(24)22-16-7-2-3-8-16)23-11-5-6-15(13-23)12-21-19(25)17-9-4-10-20-17/h14-17,20H,2-13H2,1H3,(H,21,25)(H,22,24). The largest absolute Gasteiger partial charge is 0.354 e. The number of hydrogen-bond donors (Lipinski definition) is 3. The van der Waals surface area contributed by atoms with Crippen molar-refractivity contribution in [1.82, 2.24) is 20.9 Å². The third-order valence-electron chi connectivity index (χ3n) is 6.12. The molecule has 2 saturated heterocycles. The first-order valence-corrected chi connectivity index (χ1v) is 10.2. The van der Waals surface area contributed by atoms with Gasteiger partial charge in [0.15, 0.2) is 0 Å². The van der Waals surface area contributed by atoms with Gasteiger partial charge in [-0.05, 0) is 64.5 Å². The van der Waals surface area contributed by atoms with Crippen LogP contribution in [-0.2, 0) is 9.59 Å². The third kappa shape index (κ3) is 5.17. The van der Waals surface area contributed by atoms with E-state index in [9.17, 15) is 9.59 Å². The molecule has 3 rings (SSSR count). The SMILES string of the molecule is CC(C(=O)NC1CCCC1)N1CCCC(CNC(=O)C2CCCN2)C1. The molecule has 1 aliphatic carbocycles. The summed E-state index contributed by atoms with van der Waals surface area (Å²) >= 11 is 0. The van der Waals surface area contributed by atoms with E-state index in [0.717, 1.165) is 64.7 Å². The lowest BCUT2D eigenvalue weighted by Crippen LogP contribution is -2.52. The maximum atomic E-state index is 12.5. The zero-order valence-corrected chi connectivity index (χ0v) is 15.6. The smallest absolute Gasteiger partial charge is 0.237 e. The Hall–Kier alpha value is -1.14. The predicted molar refractivity (Wildman–Crippen MR) is 98.2 cm³/mol. The average molecular weight is 351 g/mol. The maximum Gasteiger partial charge on any atom is 0.237 e. The van der Waals surface area contributed by atoms with Crippen LogP contribution in [0, 0.1) is 5.92 Å². The Bertz CT molecular complexity index is 458. The van der Waals surface area contributed by atoms with Gasteiger partial charge in [-0.25, -0.2) is 0 Å². The minimum absolute atomic E-state index is 0.00388. The van der Waals surface area contributed by atoms with E-state index in [1.54, 1.807) is 0 Å². The van der Waals surface area contributed by atoms with E-state index in [1.165, 1.54) is 12.8 Å². The molecule has 0 aromatic rings. The topological polar surface area (TPSA) is 73.5 Å². The van der Waals surface area contributed by atoms with Gasteiger partial charge in [-0.2, -0.15) is 0 Å². The number of hydrogen-bond acceptors (Lipinski definition) is 4. The molecule has 6 nitrogen and oxygen atoms in total. The van der Waals surface area contributed by atoms with Crippen LogP contribution >= 0.6 is 0 Å². The van der Waals surface area contributed by atoms with Crippen molar-refractivity contribution in [2.75, 3.05) is 26.2 Å². The van der Waals surface area contributed by atoms with E-state index in [2.05, 4.69) is 20.9 Å². The highest BCUT2D eigenvalue weighted by Crippen LogP contribution is 2.20. The Morgan fingerprint density at radius 2 is 1.92 bits per heavy atom. The molecule has 2 amide bonds. The normalized spacial score (nSPS) is 29.5. The number of rotatable bonds is 6. The molecular weight excluding hydrogens is 316 g/mol. The van der Waals surface area contributed by atoms with E-state index < -0.39 is 0 Å². The second-order valence-corrected chi connectivity index (χ2v) is 8.06. The van der Waals surface area contributed by atoms with Crippen molar-refractivity contribution in [3.8, 4) is 0 Å². The molecule has 2 aliphatic heterocycles. The number of piperidine rings is 1. The zero-order chi connectivity index (χ0) is 17.6. The van der Waals surface area contributed by atoms with E-state index >= 15 is 0 Å². The molecule has 0 bridgehead atoms. The van der Waals surface area contributed by atoms with Crippen LogP contribution in [-0.4, -0.2) is 61.0 Å². The molecule has 142 valence electrons. The summed E-state index contributed by atoms with van der Waals surface area (Å²) in [6.45, 7) is 5.58. The van der Waals surface area contributed by atoms with Crippen LogP contribution in [0.3, 0.4) is 0 Å². The Kier molecular flexibility index (Phi) is 6.70. The van der Waals surface area contributed by atoms with Gasteiger partial charge in [0.05, 0.1) is 12.1 Å². The molecule has 3 N–H and O–H groups in total. The minimum atomic E-state index is -0.0735. The van der Waals surface area contributed by atoms with Crippen molar-refractivity contribution in [2.24, 2.45) is 5.92 Å². The fraction of sp³-hybridized carbons (Fsp3) is 0.895. The van der Waals surface area contributed by atoms with Gasteiger partial charge in [0.1, 0.15) is 0 Å². The molecule has 2 heterocycles. The van der Waals surface area contributed by atoms with E-state index in [1.807, 2.05) is 6.92 Å². The van der Waals surface area contributed by atoms with E-state index in [-0.39, 0.29) is 23.9 Å². The van der Waals surface area contributed by atoms with Gasteiger partial charge in [-0.1, -0.05) is 12.8 Å². The highest BCUT2D eigenvalue weighted by molar-refractivity contribution is 5.82. The van der Waals surface area contributed by atoms with Crippen LogP contribution in [0.2, 0.25) is 0 Å². The molecule has 3 aliphatic rings. The number of nitrogens with one attached hydrogen (secondary N) is 3. The molecular formula is C19H34N4O2. The van der Waals surface area contributed by atoms with Gasteiger partial charge in [-0.15, -0.1) is 0 Å². The van der Waals surface area contributed by atoms with E-state index in [0.29, 0.717) is 12.0 Å². The summed E-state index contributed by atoms with van der Waals surface area (Å²) in [6, 6.07) is 0.306. The number of carbonyl (C=O) groups excluding carboxylic acids is 2. The highest BCUT2D eigenvalue weighted by Gasteiger charge is 2.30. The quantitative estimate of drug-likeness (QED) is 0.669. The number of carbonyl (C=O) groups is 2. The van der Waals surface area contributed by atoms with Gasteiger partial charge in [0, 0.05) is 19.1 Å². The first-order valence-electron chi connectivity index (χ1n) is 10.2. The Balaban J connectivity index is 1.41. The molecule has 3 atom stereocenters. The Morgan fingerprint density at radius 3 is 2.64 bits per heavy atom. The number of amides is 2. The second kappa shape index (κ2) is 8.99. The summed E-state index contributed by atoms with van der Waals surface area (Å²) in [5.41, 5.74) is 0. The lowest BCUT2D eigenvalue weighted by atomic mass is 9.96. The van der Waals surface area contributed by atoms with Gasteiger partial charge >= 0.3 is 0 Å². The third-order valence-corrected chi connectivity index (χ3v) is 6.12. The van der Waals surface area contributed by atoms with Crippen LogP contribution < -0.4 is 16.0 Å². The molecule has 0 radical (unpaired) electrons. The van der Waals surface area contributed by atoms with Gasteiger partial charge in [-0.3, -0.25) is 14.5 Å². The molecule has 1 saturated carbocycles. The van der Waals surface area contributed by atoms with Crippen LogP contribution in [0.15, 0.2) is 0 Å². The first kappa shape index (κ1) is 18.6. The van der Waals surface area contributed by atoms with Crippen molar-refractivity contribution in [3.05, 3.63) is 0 Å². The van der Waals surface area contributed by atoms with Crippen molar-refractivity contribution in [3.63, 3.8) is 0 Å². The molecule has 3 fully saturated rings. The van der Waals surface area contributed by atoms with Crippen molar-refractivity contribution < 1.29 is 9.59 Å². The molecule has 6 heteroatoms. The van der Waals surface area contributed by atoms with Crippen LogP contribution in [0.1, 0.15) is 58.3 Å². The summed E-state index contributed by atoms with van der Waals surface area (Å²) in [4.78, 5) is 27.0. The molecule has 0 aromatic carbocycles. The van der Waals surface area contributed by atoms with Crippen LogP contribution in [0.5, 0.6) is 0 Å². The highest BCUT2D eigenvalue weighted by atomic mass is 16.2. The van der Waals surface area contributed by atoms with Crippen molar-refractivity contribution in [1.29, 1.82) is 0 Å². The van der Waals surface area contributed by atoms with Crippen molar-refractivity contribution >= 4 is 11.8 Å². The molecule has 0 spiro atoms. The minimum Gasteiger partial charge on any atom is -0.354 e. The zero-order valence-electron chi connectivity index (χ0n) is 15.6. The first-order chi connectivity index (χ1) is 12.1. The van der Waals surface area contributed by atoms with E-state index in [4.69, 9.17) is 0 Å². The summed E-state index contributed by atoms with van der Waals surface area (Å²) in [5, 5.41) is 9.58. The van der Waals surface area contributed by atoms with Gasteiger partial charge < -0.3 is 16.0 Å². The number of likely N-dealkylation sites (tertiary alicyclic amines) is 1.